The number of aromatic amines is 2. The van der Waals surface area contributed by atoms with Gasteiger partial charge in [-0.15, -0.1) is 0 Å². The number of nitrogens with one attached hydrogen (secondary N) is 2. The Hall–Kier alpha value is -3.61. The summed E-state index contributed by atoms with van der Waals surface area (Å²) in [4.78, 5) is 33.7. The van der Waals surface area contributed by atoms with Crippen LogP contribution in [0.1, 0.15) is 118 Å². The smallest absolute Gasteiger partial charge is 0.160 e. The second kappa shape index (κ2) is 10.5. The van der Waals surface area contributed by atoms with Crippen molar-refractivity contribution in [2.24, 2.45) is 25.0 Å². The van der Waals surface area contributed by atoms with Crippen molar-refractivity contribution < 1.29 is 0 Å². The van der Waals surface area contributed by atoms with Gasteiger partial charge in [-0.3, -0.25) is 0 Å². The molecule has 2 aromatic heterocycles. The van der Waals surface area contributed by atoms with Crippen LogP contribution in [-0.2, 0) is 32.1 Å². The van der Waals surface area contributed by atoms with Crippen LogP contribution in [0.4, 0.5) is 5.82 Å². The molecule has 7 heteroatoms. The lowest BCUT2D eigenvalue weighted by atomic mass is 9.91. The Morgan fingerprint density at radius 2 is 0.930 bits per heavy atom. The predicted molar refractivity (Wildman–Crippen MR) is 173 cm³/mol. The molecule has 7 nitrogen and oxygen atoms in total. The molecule has 8 bridgehead atoms. The van der Waals surface area contributed by atoms with E-state index >= 15 is 0 Å². The fraction of sp³-hybridized carbons (Fsp3) is 0.528. The predicted octanol–water partition coefficient (Wildman–Crippen LogP) is 6.53. The van der Waals surface area contributed by atoms with Gasteiger partial charge >= 0.3 is 0 Å². The third kappa shape index (κ3) is 4.41. The summed E-state index contributed by atoms with van der Waals surface area (Å²) in [5.41, 5.74) is 13.5. The van der Waals surface area contributed by atoms with Crippen LogP contribution in [0.2, 0.25) is 0 Å². The van der Waals surface area contributed by atoms with Gasteiger partial charge in [0.25, 0.3) is 0 Å². The second-order valence-corrected chi connectivity index (χ2v) is 13.4. The first-order chi connectivity index (χ1) is 21.3. The van der Waals surface area contributed by atoms with Crippen molar-refractivity contribution in [1.82, 2.24) is 9.97 Å². The van der Waals surface area contributed by atoms with E-state index in [9.17, 15) is 0 Å². The molecule has 0 spiro atoms. The zero-order chi connectivity index (χ0) is 28.3. The highest BCUT2D eigenvalue weighted by molar-refractivity contribution is 6.28. The number of aliphatic imine (C=N–C) groups is 4. The van der Waals surface area contributed by atoms with Gasteiger partial charge in [-0.1, -0.05) is 6.08 Å². The first-order valence-corrected chi connectivity index (χ1v) is 17.1. The van der Waals surface area contributed by atoms with Gasteiger partial charge in [0.1, 0.15) is 11.3 Å². The largest absolute Gasteiger partial charge is 0.343 e. The minimum Gasteiger partial charge on any atom is -0.343 e. The fourth-order valence-corrected chi connectivity index (χ4v) is 8.59. The van der Waals surface area contributed by atoms with Gasteiger partial charge in [0.15, 0.2) is 23.3 Å². The minimum absolute atomic E-state index is 0.843. The first-order valence-electron chi connectivity index (χ1n) is 17.1. The quantitative estimate of drug-likeness (QED) is 0.360. The van der Waals surface area contributed by atoms with Gasteiger partial charge in [-0.2, -0.15) is 0 Å². The van der Waals surface area contributed by atoms with E-state index in [-0.39, 0.29) is 0 Å². The highest BCUT2D eigenvalue weighted by atomic mass is 15.1. The molecule has 43 heavy (non-hydrogen) atoms. The Labute approximate surface area is 252 Å². The van der Waals surface area contributed by atoms with Gasteiger partial charge in [0.2, 0.25) is 0 Å². The van der Waals surface area contributed by atoms with Crippen LogP contribution in [0.15, 0.2) is 47.3 Å². The summed E-state index contributed by atoms with van der Waals surface area (Å²) in [6.45, 7) is 0. The summed E-state index contributed by atoms with van der Waals surface area (Å²) < 4.78 is 0. The number of aryl methyl sites for hydroxylation is 1. The Morgan fingerprint density at radius 3 is 1.58 bits per heavy atom. The summed E-state index contributed by atoms with van der Waals surface area (Å²) in [6.07, 6.45) is 24.1. The van der Waals surface area contributed by atoms with E-state index in [0.29, 0.717) is 0 Å². The minimum atomic E-state index is 0.843. The normalized spacial score (nSPS) is 23.3. The molecule has 7 aliphatic rings. The molecule has 5 heterocycles. The molecule has 220 valence electrons. The SMILES string of the molecule is C1=c2[nH]c(c3c2CCCC3)=NC2=NC(=NC3=NC(=Nc4[nH]c(c5c4CCCC5)CCC1)C1=C3CCCC1)C1=C2CCCC1. The number of nitrogens with zero attached hydrogens (tertiary/aromatic N) is 5. The average molecular weight is 572 g/mol. The van der Waals surface area contributed by atoms with Crippen LogP contribution in [-0.4, -0.2) is 33.3 Å². The van der Waals surface area contributed by atoms with E-state index in [1.165, 1.54) is 113 Å². The number of amidine groups is 4. The maximum Gasteiger partial charge on any atom is 0.160 e. The lowest BCUT2D eigenvalue weighted by molar-refractivity contribution is 0.681. The van der Waals surface area contributed by atoms with Gasteiger partial charge in [-0.05, 0) is 139 Å². The van der Waals surface area contributed by atoms with Gasteiger partial charge < -0.3 is 9.97 Å². The van der Waals surface area contributed by atoms with E-state index in [2.05, 4.69) is 16.0 Å². The van der Waals surface area contributed by atoms with Crippen molar-refractivity contribution in [1.29, 1.82) is 0 Å². The topological polar surface area (TPSA) is 93.4 Å². The molecule has 9 rings (SSSR count). The zero-order valence-electron chi connectivity index (χ0n) is 25.2. The summed E-state index contributed by atoms with van der Waals surface area (Å²) >= 11 is 0. The third-order valence-corrected chi connectivity index (χ3v) is 10.8. The molecule has 0 saturated heterocycles. The van der Waals surface area contributed by atoms with Crippen molar-refractivity contribution >= 4 is 35.2 Å². The van der Waals surface area contributed by atoms with Crippen LogP contribution >= 0.6 is 0 Å². The molecule has 0 unspecified atom stereocenters. The molecule has 0 radical (unpaired) electrons. The second-order valence-electron chi connectivity index (χ2n) is 13.4. The summed E-state index contributed by atoms with van der Waals surface area (Å²) in [7, 11) is 0. The van der Waals surface area contributed by atoms with Crippen LogP contribution < -0.4 is 10.8 Å². The number of fused-ring (bicyclic) bond motifs is 16. The van der Waals surface area contributed by atoms with Gasteiger partial charge in [-0.25, -0.2) is 25.0 Å². The number of hydrogen-bond donors (Lipinski definition) is 2. The van der Waals surface area contributed by atoms with Crippen molar-refractivity contribution in [3.63, 3.8) is 0 Å². The molecule has 0 fully saturated rings. The van der Waals surface area contributed by atoms with Crippen molar-refractivity contribution in [2.75, 3.05) is 0 Å². The van der Waals surface area contributed by atoms with E-state index in [0.717, 1.165) is 98.9 Å². The lowest BCUT2D eigenvalue weighted by Crippen LogP contribution is -2.16. The molecule has 4 aliphatic carbocycles. The zero-order valence-corrected chi connectivity index (χ0v) is 25.2. The molecule has 0 atom stereocenters. The maximum absolute atomic E-state index is 5.29. The Balaban J connectivity index is 1.25. The standard InChI is InChI=1S/C36H41N7/c1-3-13-23-21(11-1)29-19-9-10-20-30-22-12-2-4-14-24(22)32(38-30)40-34-26-16-6-8-18-28(26)36(42-34)43-35-27-17-7-5-15-25(27)33(41-35)39-31(23)37-29/h19,38H,1-18,20H2,(H,37,39,40,41,42,43). The van der Waals surface area contributed by atoms with E-state index in [4.69, 9.17) is 25.0 Å². The Bertz CT molecular complexity index is 1850. The van der Waals surface area contributed by atoms with Crippen LogP contribution in [0, 0.1) is 0 Å². The Morgan fingerprint density at radius 1 is 0.419 bits per heavy atom. The fourth-order valence-electron chi connectivity index (χ4n) is 8.59. The van der Waals surface area contributed by atoms with Crippen molar-refractivity contribution in [3.8, 4) is 0 Å². The number of H-pyrrole nitrogens is 2. The van der Waals surface area contributed by atoms with E-state index in [1.54, 1.807) is 0 Å². The molecule has 2 N–H and O–H groups in total. The van der Waals surface area contributed by atoms with Crippen LogP contribution in [0.5, 0.6) is 0 Å². The number of hydrogen-bond acceptors (Lipinski definition) is 5. The van der Waals surface area contributed by atoms with Crippen molar-refractivity contribution in [2.45, 2.75) is 122 Å². The van der Waals surface area contributed by atoms with E-state index < -0.39 is 0 Å². The molecule has 3 aliphatic heterocycles. The van der Waals surface area contributed by atoms with Crippen LogP contribution in [0.3, 0.4) is 0 Å². The molecular weight excluding hydrogens is 530 g/mol. The summed E-state index contributed by atoms with van der Waals surface area (Å²) in [5.74, 6) is 4.51. The van der Waals surface area contributed by atoms with E-state index in [1.807, 2.05) is 0 Å². The molecule has 0 saturated carbocycles. The molecule has 2 aromatic rings. The lowest BCUT2D eigenvalue weighted by Gasteiger charge is -2.15. The van der Waals surface area contributed by atoms with Crippen molar-refractivity contribution in [3.05, 3.63) is 61.1 Å². The molecule has 0 aromatic carbocycles. The van der Waals surface area contributed by atoms with Crippen LogP contribution in [0.25, 0.3) is 6.08 Å². The average Bonchev–Trinajstić information content (AvgIpc) is 3.78. The Kier molecular flexibility index (Phi) is 6.33. The highest BCUT2D eigenvalue weighted by Crippen LogP contribution is 2.38. The maximum atomic E-state index is 5.29. The summed E-state index contributed by atoms with van der Waals surface area (Å²) in [6, 6.07) is 0. The number of rotatable bonds is 0. The van der Waals surface area contributed by atoms with Gasteiger partial charge in [0.05, 0.1) is 0 Å². The molecular formula is C36H41N7. The number of aromatic nitrogens is 2. The first kappa shape index (κ1) is 25.8. The van der Waals surface area contributed by atoms with Gasteiger partial charge in [0, 0.05) is 38.9 Å². The monoisotopic (exact) mass is 571 g/mol. The molecule has 0 amide bonds. The third-order valence-electron chi connectivity index (χ3n) is 10.8. The summed E-state index contributed by atoms with van der Waals surface area (Å²) in [5, 5.41) is 1.29. The highest BCUT2D eigenvalue weighted by Gasteiger charge is 2.32.